The van der Waals surface area contributed by atoms with Crippen molar-refractivity contribution in [2.45, 2.75) is 13.0 Å². The summed E-state index contributed by atoms with van der Waals surface area (Å²) in [7, 11) is 0. The fourth-order valence-corrected chi connectivity index (χ4v) is 4.16. The van der Waals surface area contributed by atoms with Crippen LogP contribution in [-0.4, -0.2) is 25.8 Å². The molecule has 5 aromatic rings. The summed E-state index contributed by atoms with van der Waals surface area (Å²) in [5, 5.41) is 4.08. The monoisotopic (exact) mass is 498 g/mol. The van der Waals surface area contributed by atoms with Crippen molar-refractivity contribution < 1.29 is 9.18 Å². The van der Waals surface area contributed by atoms with Gasteiger partial charge in [-0.25, -0.2) is 14.4 Å². The lowest BCUT2D eigenvalue weighted by Crippen LogP contribution is -2.29. The Morgan fingerprint density at radius 2 is 1.69 bits per heavy atom. The quantitative estimate of drug-likeness (QED) is 0.326. The lowest BCUT2D eigenvalue weighted by molar-refractivity contribution is 0.0935. The minimum Gasteiger partial charge on any atom is -0.382 e. The molecule has 0 fully saturated rings. The largest absolute Gasteiger partial charge is 0.382 e. The number of carbonyl (C=O) groups excluding carboxylic acids is 1. The second kappa shape index (κ2) is 9.67. The number of hydrogen-bond acceptors (Lipinski definition) is 6. The molecule has 1 amide bonds. The normalized spacial score (nSPS) is 11.9. The van der Waals surface area contributed by atoms with Gasteiger partial charge >= 0.3 is 0 Å². The number of fused-ring (bicyclic) bond motifs is 1. The van der Waals surface area contributed by atoms with Gasteiger partial charge in [-0.3, -0.25) is 14.8 Å². The van der Waals surface area contributed by atoms with Gasteiger partial charge in [0.2, 0.25) is 0 Å². The summed E-state index contributed by atoms with van der Waals surface area (Å²) in [5.74, 6) is -0.948. The molecular formula is C27H20ClFN6O. The number of nitrogen functional groups attached to an aromatic ring is 1. The van der Waals surface area contributed by atoms with Gasteiger partial charge in [-0.15, -0.1) is 0 Å². The van der Waals surface area contributed by atoms with E-state index in [4.69, 9.17) is 17.3 Å². The molecule has 9 heteroatoms. The summed E-state index contributed by atoms with van der Waals surface area (Å²) < 4.78 is 13.6. The van der Waals surface area contributed by atoms with Crippen LogP contribution in [0.3, 0.4) is 0 Å². The summed E-state index contributed by atoms with van der Waals surface area (Å²) in [5.41, 5.74) is 9.46. The molecule has 0 saturated carbocycles. The van der Waals surface area contributed by atoms with Gasteiger partial charge in [0, 0.05) is 28.9 Å². The number of nitrogens with two attached hydrogens (primary N) is 1. The van der Waals surface area contributed by atoms with Crippen molar-refractivity contribution in [2.24, 2.45) is 0 Å². The zero-order valence-corrected chi connectivity index (χ0v) is 19.9. The van der Waals surface area contributed by atoms with E-state index in [-0.39, 0.29) is 23.4 Å². The first-order valence-electron chi connectivity index (χ1n) is 11.1. The minimum atomic E-state index is -0.501. The van der Waals surface area contributed by atoms with Crippen LogP contribution in [0.15, 0.2) is 79.1 Å². The maximum Gasteiger partial charge on any atom is 0.274 e. The number of hydrogen-bond donors (Lipinski definition) is 2. The second-order valence-electron chi connectivity index (χ2n) is 8.14. The number of pyridine rings is 2. The summed E-state index contributed by atoms with van der Waals surface area (Å²) >= 11 is 6.53. The minimum absolute atomic E-state index is 0.0407. The lowest BCUT2D eigenvalue weighted by Gasteiger charge is -2.16. The van der Waals surface area contributed by atoms with E-state index in [1.165, 1.54) is 12.1 Å². The lowest BCUT2D eigenvalue weighted by atomic mass is 10.0. The zero-order chi connectivity index (χ0) is 25.2. The molecule has 0 saturated heterocycles. The van der Waals surface area contributed by atoms with Gasteiger partial charge in [-0.1, -0.05) is 23.7 Å². The summed E-state index contributed by atoms with van der Waals surface area (Å²) in [4.78, 5) is 31.0. The molecular weight excluding hydrogens is 479 g/mol. The molecule has 0 aliphatic heterocycles. The first kappa shape index (κ1) is 23.3. The molecule has 2 aromatic carbocycles. The molecule has 5 rings (SSSR count). The fraction of sp³-hybridized carbons (Fsp3) is 0.0741. The Morgan fingerprint density at radius 3 is 2.44 bits per heavy atom. The fourth-order valence-electron chi connectivity index (χ4n) is 3.88. The average Bonchev–Trinajstić information content (AvgIpc) is 2.89. The van der Waals surface area contributed by atoms with Gasteiger partial charge in [0.1, 0.15) is 5.82 Å². The zero-order valence-electron chi connectivity index (χ0n) is 19.1. The highest BCUT2D eigenvalue weighted by atomic mass is 35.5. The number of aromatic nitrogens is 4. The third kappa shape index (κ3) is 4.58. The van der Waals surface area contributed by atoms with Crippen molar-refractivity contribution in [3.8, 4) is 22.5 Å². The van der Waals surface area contributed by atoms with E-state index in [1.807, 2.05) is 31.2 Å². The molecule has 0 aliphatic rings. The number of halogens is 2. The number of nitrogens with zero attached hydrogens (tertiary/aromatic N) is 4. The van der Waals surface area contributed by atoms with E-state index < -0.39 is 5.91 Å². The van der Waals surface area contributed by atoms with Crippen LogP contribution < -0.4 is 11.1 Å². The number of nitrogens with one attached hydrogen (secondary N) is 1. The summed E-state index contributed by atoms with van der Waals surface area (Å²) in [6.07, 6.45) is 3.31. The van der Waals surface area contributed by atoms with E-state index in [2.05, 4.69) is 25.3 Å². The average molecular weight is 499 g/mol. The van der Waals surface area contributed by atoms with E-state index >= 15 is 0 Å². The van der Waals surface area contributed by atoms with Crippen LogP contribution in [-0.2, 0) is 0 Å². The third-order valence-electron chi connectivity index (χ3n) is 5.67. The Hall–Kier alpha value is -4.43. The molecule has 1 atom stereocenters. The number of carbonyl (C=O) groups is 1. The van der Waals surface area contributed by atoms with Crippen molar-refractivity contribution in [2.75, 3.05) is 5.73 Å². The van der Waals surface area contributed by atoms with Crippen molar-refractivity contribution in [3.63, 3.8) is 0 Å². The van der Waals surface area contributed by atoms with Crippen LogP contribution in [0.2, 0.25) is 5.02 Å². The molecule has 0 radical (unpaired) electrons. The Labute approximate surface area is 211 Å². The maximum atomic E-state index is 13.6. The van der Waals surface area contributed by atoms with Gasteiger partial charge in [0.25, 0.3) is 5.91 Å². The molecule has 3 aromatic heterocycles. The summed E-state index contributed by atoms with van der Waals surface area (Å²) in [6, 6.07) is 18.1. The molecule has 7 nitrogen and oxygen atoms in total. The smallest absolute Gasteiger partial charge is 0.274 e. The first-order chi connectivity index (χ1) is 17.4. The molecule has 3 N–H and O–H groups in total. The van der Waals surface area contributed by atoms with Crippen molar-refractivity contribution in [1.82, 2.24) is 25.3 Å². The maximum absolute atomic E-state index is 13.6. The topological polar surface area (TPSA) is 107 Å². The van der Waals surface area contributed by atoms with Gasteiger partial charge in [-0.05, 0) is 61.5 Å². The van der Waals surface area contributed by atoms with Crippen LogP contribution in [0, 0.1) is 5.82 Å². The second-order valence-corrected chi connectivity index (χ2v) is 8.55. The van der Waals surface area contributed by atoms with Crippen LogP contribution in [0.5, 0.6) is 0 Å². The molecule has 1 unspecified atom stereocenters. The predicted octanol–water partition coefficient (Wildman–Crippen LogP) is 5.62. The van der Waals surface area contributed by atoms with Crippen LogP contribution in [0.4, 0.5) is 10.2 Å². The summed E-state index contributed by atoms with van der Waals surface area (Å²) in [6.45, 7) is 1.81. The van der Waals surface area contributed by atoms with E-state index in [9.17, 15) is 9.18 Å². The van der Waals surface area contributed by atoms with Crippen LogP contribution in [0.25, 0.3) is 33.4 Å². The highest BCUT2D eigenvalue weighted by Gasteiger charge is 2.22. The van der Waals surface area contributed by atoms with Crippen LogP contribution >= 0.6 is 11.6 Å². The molecule has 0 bridgehead atoms. The highest BCUT2D eigenvalue weighted by molar-refractivity contribution is 6.35. The van der Waals surface area contributed by atoms with Gasteiger partial charge < -0.3 is 11.1 Å². The Bertz CT molecular complexity index is 1580. The van der Waals surface area contributed by atoms with Gasteiger partial charge in [0.05, 0.1) is 33.7 Å². The van der Waals surface area contributed by atoms with Crippen molar-refractivity contribution >= 4 is 34.2 Å². The molecule has 0 aliphatic carbocycles. The number of anilines is 1. The Kier molecular flexibility index (Phi) is 6.26. The van der Waals surface area contributed by atoms with Gasteiger partial charge in [-0.2, -0.15) is 0 Å². The number of amides is 1. The SMILES string of the molecule is CC(NC(=O)c1nc(-c2cc(Cl)c3ncccc3c2)c(-c2ccc(F)cc2)nc1N)c1ccccn1. The number of benzene rings is 2. The standard InChI is InChI=1S/C27H20ClFN6O/c1-15(21-6-2-3-11-31-21)33-27(36)25-26(30)35-23(16-7-9-19(29)10-8-16)24(34-25)18-13-17-5-4-12-32-22(17)20(28)14-18/h2-15H,1H3,(H2,30,35)(H,33,36). The van der Waals surface area contributed by atoms with E-state index in [0.29, 0.717) is 38.7 Å². The molecule has 0 spiro atoms. The molecule has 178 valence electrons. The molecule has 36 heavy (non-hydrogen) atoms. The van der Waals surface area contributed by atoms with Crippen LogP contribution in [0.1, 0.15) is 29.1 Å². The van der Waals surface area contributed by atoms with Crippen molar-refractivity contribution in [1.29, 1.82) is 0 Å². The Balaban J connectivity index is 1.64. The molecule has 3 heterocycles. The third-order valence-corrected chi connectivity index (χ3v) is 5.95. The predicted molar refractivity (Wildman–Crippen MR) is 138 cm³/mol. The number of rotatable bonds is 5. The van der Waals surface area contributed by atoms with E-state index in [1.54, 1.807) is 42.7 Å². The van der Waals surface area contributed by atoms with Gasteiger partial charge in [0.15, 0.2) is 11.5 Å². The highest BCUT2D eigenvalue weighted by Crippen LogP contribution is 2.35. The van der Waals surface area contributed by atoms with Crippen molar-refractivity contribution in [3.05, 3.63) is 101 Å². The Morgan fingerprint density at radius 1 is 0.944 bits per heavy atom. The van der Waals surface area contributed by atoms with E-state index in [0.717, 1.165) is 5.39 Å². The first-order valence-corrected chi connectivity index (χ1v) is 11.5.